The van der Waals surface area contributed by atoms with Crippen LogP contribution in [0.5, 0.6) is 5.75 Å². The maximum atomic E-state index is 15.2. The Kier molecular flexibility index (Phi) is 8.47. The quantitative estimate of drug-likeness (QED) is 0.229. The Balaban J connectivity index is 1.14. The molecule has 278 valence electrons. The molecule has 5 aliphatic rings. The van der Waals surface area contributed by atoms with Crippen molar-refractivity contribution >= 4 is 32.9 Å². The van der Waals surface area contributed by atoms with Gasteiger partial charge in [0.25, 0.3) is 5.91 Å². The first-order valence-corrected chi connectivity index (χ1v) is 20.7. The number of aromatic nitrogens is 1. The normalized spacial score (nSPS) is 25.4. The van der Waals surface area contributed by atoms with Crippen LogP contribution in [-0.4, -0.2) is 85.3 Å². The standard InChI is InChI=1S/C42H49N5O5S/c1-44(2)53(50,51)43-40(48)29-14-18-34-37(20-29)47-26-42(41(49)45-24-30-15-16-31(25-45)46(30)23-27-10-6-4-7-11-27)22-36(42)35-21-32(52-3)17-19-33(35)39(47)38(34)28-12-8-5-9-13-28/h4,6-7,10-11,14,17-21,28,30-31,36H,5,8-9,12-13,15-16,22-26H2,1-3H3,(H,43,48). The van der Waals surface area contributed by atoms with Crippen molar-refractivity contribution < 1.29 is 22.7 Å². The van der Waals surface area contributed by atoms with Gasteiger partial charge < -0.3 is 14.2 Å². The van der Waals surface area contributed by atoms with Gasteiger partial charge in [-0.15, -0.1) is 0 Å². The smallest absolute Gasteiger partial charge is 0.303 e. The molecule has 1 aromatic heterocycles. The van der Waals surface area contributed by atoms with Crippen LogP contribution in [0.2, 0.25) is 0 Å². The van der Waals surface area contributed by atoms with Crippen molar-refractivity contribution in [3.8, 4) is 17.0 Å². The average molecular weight is 736 g/mol. The van der Waals surface area contributed by atoms with Crippen molar-refractivity contribution in [3.05, 3.63) is 89.0 Å². The summed E-state index contributed by atoms with van der Waals surface area (Å²) >= 11 is 0. The zero-order valence-electron chi connectivity index (χ0n) is 30.9. The van der Waals surface area contributed by atoms with Crippen molar-refractivity contribution in [1.29, 1.82) is 0 Å². The summed E-state index contributed by atoms with van der Waals surface area (Å²) in [4.78, 5) is 33.5. The molecule has 4 heterocycles. The van der Waals surface area contributed by atoms with Gasteiger partial charge in [0.15, 0.2) is 0 Å². The Labute approximate surface area is 312 Å². The number of piperazine rings is 1. The molecule has 3 aromatic carbocycles. The SMILES string of the molecule is COc1ccc2c(c1)C1CC1(C(=O)N1CC3CCC(C1)N3Cc1ccccc1)Cn1c-2c(C2CCCCC2)c2ccc(C(=O)NS(=O)(=O)N(C)C)cc21. The van der Waals surface area contributed by atoms with Gasteiger partial charge in [-0.25, -0.2) is 4.72 Å². The van der Waals surface area contributed by atoms with E-state index < -0.39 is 21.5 Å². The molecule has 11 heteroatoms. The van der Waals surface area contributed by atoms with Crippen molar-refractivity contribution in [2.45, 2.75) is 88.4 Å². The summed E-state index contributed by atoms with van der Waals surface area (Å²) in [7, 11) is 0.505. The molecule has 4 aromatic rings. The van der Waals surface area contributed by atoms with Crippen LogP contribution in [0, 0.1) is 5.41 Å². The van der Waals surface area contributed by atoms with E-state index in [1.807, 2.05) is 18.2 Å². The van der Waals surface area contributed by atoms with E-state index in [2.05, 4.69) is 61.6 Å². The minimum absolute atomic E-state index is 0.0472. The summed E-state index contributed by atoms with van der Waals surface area (Å²) in [6, 6.07) is 23.3. The second-order valence-corrected chi connectivity index (χ2v) is 18.1. The highest BCUT2D eigenvalue weighted by Crippen LogP contribution is 2.66. The minimum Gasteiger partial charge on any atom is -0.497 e. The van der Waals surface area contributed by atoms with Crippen LogP contribution in [-0.2, 0) is 28.1 Å². The van der Waals surface area contributed by atoms with Crippen molar-refractivity contribution in [2.75, 3.05) is 34.3 Å². The molecule has 4 fully saturated rings. The summed E-state index contributed by atoms with van der Waals surface area (Å²) < 4.78 is 36.7. The molecule has 4 atom stereocenters. The number of hydrogen-bond acceptors (Lipinski definition) is 6. The summed E-state index contributed by atoms with van der Waals surface area (Å²) in [6.07, 6.45) is 8.69. The van der Waals surface area contributed by atoms with E-state index in [4.69, 9.17) is 4.74 Å². The van der Waals surface area contributed by atoms with Crippen LogP contribution in [0.4, 0.5) is 0 Å². The van der Waals surface area contributed by atoms with Crippen LogP contribution in [0.3, 0.4) is 0 Å². The molecule has 2 amide bonds. The molecule has 53 heavy (non-hydrogen) atoms. The highest BCUT2D eigenvalue weighted by Gasteiger charge is 2.64. The van der Waals surface area contributed by atoms with Crippen molar-refractivity contribution in [3.63, 3.8) is 0 Å². The number of hydrogen-bond donors (Lipinski definition) is 1. The van der Waals surface area contributed by atoms with Crippen LogP contribution in [0.1, 0.15) is 90.3 Å². The van der Waals surface area contributed by atoms with Crippen molar-refractivity contribution in [2.24, 2.45) is 5.41 Å². The third-order valence-electron chi connectivity index (χ3n) is 13.0. The van der Waals surface area contributed by atoms with Gasteiger partial charge in [-0.2, -0.15) is 12.7 Å². The van der Waals surface area contributed by atoms with Crippen LogP contribution >= 0.6 is 0 Å². The number of methoxy groups -OCH3 is 1. The number of likely N-dealkylation sites (tertiary alicyclic amines) is 1. The lowest BCUT2D eigenvalue weighted by Crippen LogP contribution is -2.56. The molecule has 0 spiro atoms. The molecule has 2 saturated heterocycles. The highest BCUT2D eigenvalue weighted by molar-refractivity contribution is 7.87. The molecular weight excluding hydrogens is 687 g/mol. The Morgan fingerprint density at radius 2 is 1.66 bits per heavy atom. The molecule has 1 N–H and O–H groups in total. The number of amides is 2. The van der Waals surface area contributed by atoms with E-state index in [0.29, 0.717) is 24.5 Å². The number of rotatable bonds is 8. The fourth-order valence-corrected chi connectivity index (χ4v) is 10.7. The Morgan fingerprint density at radius 3 is 2.36 bits per heavy atom. The number of carbonyl (C=O) groups excluding carboxylic acids is 2. The molecule has 3 aliphatic heterocycles. The van der Waals surface area contributed by atoms with Gasteiger partial charge in [0, 0.05) is 80.3 Å². The van der Waals surface area contributed by atoms with E-state index in [1.165, 1.54) is 44.5 Å². The second-order valence-electron chi connectivity index (χ2n) is 16.3. The Morgan fingerprint density at radius 1 is 0.925 bits per heavy atom. The first kappa shape index (κ1) is 34.6. The van der Waals surface area contributed by atoms with E-state index in [-0.39, 0.29) is 17.4 Å². The molecule has 4 unspecified atom stereocenters. The number of nitrogens with one attached hydrogen (secondary N) is 1. The third-order valence-corrected chi connectivity index (χ3v) is 14.4. The van der Waals surface area contributed by atoms with Gasteiger partial charge in [0.2, 0.25) is 5.91 Å². The number of benzene rings is 3. The predicted octanol–water partition coefficient (Wildman–Crippen LogP) is 6.26. The van der Waals surface area contributed by atoms with Crippen LogP contribution < -0.4 is 9.46 Å². The molecule has 2 aliphatic carbocycles. The molecule has 9 rings (SSSR count). The zero-order chi connectivity index (χ0) is 36.6. The fraction of sp³-hybridized carbons (Fsp3) is 0.476. The van der Waals surface area contributed by atoms with Gasteiger partial charge in [-0.05, 0) is 85.0 Å². The topological polar surface area (TPSA) is 104 Å². The molecule has 0 radical (unpaired) electrons. The summed E-state index contributed by atoms with van der Waals surface area (Å²) in [5.41, 5.74) is 6.56. The van der Waals surface area contributed by atoms with E-state index in [0.717, 1.165) is 89.5 Å². The molecule has 2 saturated carbocycles. The Bertz CT molecular complexity index is 2200. The van der Waals surface area contributed by atoms with Gasteiger partial charge in [-0.3, -0.25) is 14.5 Å². The molecule has 10 nitrogen and oxygen atoms in total. The van der Waals surface area contributed by atoms with Gasteiger partial charge in [-0.1, -0.05) is 55.7 Å². The largest absolute Gasteiger partial charge is 0.497 e. The Hall–Kier alpha value is -4.19. The number of carbonyl (C=O) groups is 2. The summed E-state index contributed by atoms with van der Waals surface area (Å²) in [6.45, 7) is 2.89. The van der Waals surface area contributed by atoms with Gasteiger partial charge >= 0.3 is 10.2 Å². The first-order chi connectivity index (χ1) is 25.6. The number of nitrogens with zero attached hydrogens (tertiary/aromatic N) is 4. The highest BCUT2D eigenvalue weighted by atomic mass is 32.2. The number of fused-ring (bicyclic) bond motifs is 9. The average Bonchev–Trinajstić information content (AvgIpc) is 3.78. The lowest BCUT2D eigenvalue weighted by molar-refractivity contribution is -0.141. The van der Waals surface area contributed by atoms with Crippen LogP contribution in [0.15, 0.2) is 66.7 Å². The van der Waals surface area contributed by atoms with E-state index >= 15 is 4.79 Å². The van der Waals surface area contributed by atoms with Crippen LogP contribution in [0.25, 0.3) is 22.2 Å². The van der Waals surface area contributed by atoms with Crippen molar-refractivity contribution in [1.82, 2.24) is 23.4 Å². The summed E-state index contributed by atoms with van der Waals surface area (Å²) in [5, 5.41) is 1.08. The maximum absolute atomic E-state index is 15.2. The van der Waals surface area contributed by atoms with E-state index in [1.54, 1.807) is 13.2 Å². The maximum Gasteiger partial charge on any atom is 0.303 e. The zero-order valence-corrected chi connectivity index (χ0v) is 31.7. The van der Waals surface area contributed by atoms with E-state index in [9.17, 15) is 13.2 Å². The molecule has 2 bridgehead atoms. The first-order valence-electron chi connectivity index (χ1n) is 19.3. The molecular formula is C42H49N5O5S. The lowest BCUT2D eigenvalue weighted by Gasteiger charge is -2.42. The minimum atomic E-state index is -3.98. The van der Waals surface area contributed by atoms with Gasteiger partial charge in [0.1, 0.15) is 5.75 Å². The summed E-state index contributed by atoms with van der Waals surface area (Å²) in [5.74, 6) is 0.738. The van der Waals surface area contributed by atoms with Gasteiger partial charge in [0.05, 0.1) is 18.2 Å². The predicted molar refractivity (Wildman–Crippen MR) is 205 cm³/mol. The third kappa shape index (κ3) is 5.77. The monoisotopic (exact) mass is 735 g/mol. The second kappa shape index (κ2) is 13.0. The lowest BCUT2D eigenvalue weighted by atomic mass is 9.81. The number of ether oxygens (including phenoxy) is 1. The fourth-order valence-electron chi connectivity index (χ4n) is 10.2.